The maximum absolute atomic E-state index is 13.5. The molecule has 0 saturated carbocycles. The van der Waals surface area contributed by atoms with E-state index in [1.54, 1.807) is 24.3 Å². The lowest BCUT2D eigenvalue weighted by Gasteiger charge is -2.23. The van der Waals surface area contributed by atoms with Crippen molar-refractivity contribution in [2.24, 2.45) is 5.10 Å². The third kappa shape index (κ3) is 6.35. The van der Waals surface area contributed by atoms with Gasteiger partial charge in [0.2, 0.25) is 0 Å². The standard InChI is InChI=1S/C26H20Cl2F4N6O2/c1-15(34-35-20-9-5-18(27)6-10-20)21-14-38(36(2)23-22(28)11-17(12-33-23)26(30,31)32)25(40)37(24(21)39)13-16-3-7-19(29)8-4-16/h3-12,14,35H,13H2,1-2H3. The highest BCUT2D eigenvalue weighted by Crippen LogP contribution is 2.33. The van der Waals surface area contributed by atoms with Crippen LogP contribution in [-0.2, 0) is 12.7 Å². The SMILES string of the molecule is CC(=NNc1ccc(Cl)cc1)c1cn(N(C)c2ncc(C(F)(F)F)cc2Cl)c(=O)n(Cc2ccc(F)cc2)c1=O. The van der Waals surface area contributed by atoms with Crippen LogP contribution >= 0.6 is 23.2 Å². The first-order chi connectivity index (χ1) is 18.8. The summed E-state index contributed by atoms with van der Waals surface area (Å²) in [6.45, 7) is 1.30. The van der Waals surface area contributed by atoms with Crippen LogP contribution in [0.3, 0.4) is 0 Å². The zero-order valence-corrected chi connectivity index (χ0v) is 22.4. The molecule has 0 radical (unpaired) electrons. The second-order valence-electron chi connectivity index (χ2n) is 8.55. The number of nitrogens with one attached hydrogen (secondary N) is 1. The summed E-state index contributed by atoms with van der Waals surface area (Å²) in [6.07, 6.45) is -2.91. The first kappa shape index (κ1) is 28.8. The second-order valence-corrected chi connectivity index (χ2v) is 9.40. The number of nitrogens with zero attached hydrogens (tertiary/aromatic N) is 5. The number of benzene rings is 2. The number of pyridine rings is 1. The van der Waals surface area contributed by atoms with Crippen molar-refractivity contribution in [1.29, 1.82) is 0 Å². The Morgan fingerprint density at radius 2 is 1.73 bits per heavy atom. The van der Waals surface area contributed by atoms with Gasteiger partial charge >= 0.3 is 11.9 Å². The molecule has 0 amide bonds. The molecule has 0 saturated heterocycles. The van der Waals surface area contributed by atoms with Gasteiger partial charge in [-0.05, 0) is 55.0 Å². The maximum atomic E-state index is 13.5. The van der Waals surface area contributed by atoms with Crippen LogP contribution in [0.2, 0.25) is 10.0 Å². The van der Waals surface area contributed by atoms with E-state index < -0.39 is 28.8 Å². The number of aromatic nitrogens is 3. The Hall–Kier alpha value is -4.16. The molecular weight excluding hydrogens is 575 g/mol. The monoisotopic (exact) mass is 594 g/mol. The molecule has 208 valence electrons. The number of hydrazone groups is 1. The van der Waals surface area contributed by atoms with Crippen LogP contribution in [0.25, 0.3) is 0 Å². The summed E-state index contributed by atoms with van der Waals surface area (Å²) in [5.74, 6) is -0.676. The van der Waals surface area contributed by atoms with E-state index in [0.29, 0.717) is 28.5 Å². The fraction of sp³-hybridized carbons (Fsp3) is 0.154. The van der Waals surface area contributed by atoms with Gasteiger partial charge in [0.25, 0.3) is 5.56 Å². The van der Waals surface area contributed by atoms with Gasteiger partial charge in [0.15, 0.2) is 5.82 Å². The average Bonchev–Trinajstić information content (AvgIpc) is 2.91. The molecule has 0 aliphatic carbocycles. The molecule has 8 nitrogen and oxygen atoms in total. The van der Waals surface area contributed by atoms with Crippen molar-refractivity contribution in [3.63, 3.8) is 0 Å². The van der Waals surface area contributed by atoms with Gasteiger partial charge in [-0.2, -0.15) is 18.3 Å². The van der Waals surface area contributed by atoms with Gasteiger partial charge in [-0.25, -0.2) is 18.8 Å². The quantitative estimate of drug-likeness (QED) is 0.170. The first-order valence-electron chi connectivity index (χ1n) is 11.5. The highest BCUT2D eigenvalue weighted by Gasteiger charge is 2.32. The van der Waals surface area contributed by atoms with E-state index in [-0.39, 0.29) is 28.7 Å². The van der Waals surface area contributed by atoms with Crippen LogP contribution in [0.5, 0.6) is 0 Å². The van der Waals surface area contributed by atoms with Crippen molar-refractivity contribution in [3.8, 4) is 0 Å². The van der Waals surface area contributed by atoms with Crippen molar-refractivity contribution in [2.45, 2.75) is 19.6 Å². The van der Waals surface area contributed by atoms with E-state index in [1.807, 2.05) is 0 Å². The number of hydrogen-bond acceptors (Lipinski definition) is 6. The third-order valence-electron chi connectivity index (χ3n) is 5.77. The number of anilines is 2. The Morgan fingerprint density at radius 3 is 2.33 bits per heavy atom. The van der Waals surface area contributed by atoms with Gasteiger partial charge in [0.05, 0.1) is 34.1 Å². The minimum atomic E-state index is -4.68. The fourth-order valence-corrected chi connectivity index (χ4v) is 4.04. The third-order valence-corrected chi connectivity index (χ3v) is 6.30. The Balaban J connectivity index is 1.83. The topological polar surface area (TPSA) is 84.5 Å². The van der Waals surface area contributed by atoms with Gasteiger partial charge in [0, 0.05) is 24.5 Å². The molecule has 2 aromatic carbocycles. The van der Waals surface area contributed by atoms with Crippen molar-refractivity contribution < 1.29 is 17.6 Å². The maximum Gasteiger partial charge on any atom is 0.417 e. The predicted octanol–water partition coefficient (Wildman–Crippen LogP) is 5.65. The normalized spacial score (nSPS) is 11.9. The zero-order valence-electron chi connectivity index (χ0n) is 20.9. The lowest BCUT2D eigenvalue weighted by Crippen LogP contribution is -2.48. The summed E-state index contributed by atoms with van der Waals surface area (Å²) < 4.78 is 54.7. The van der Waals surface area contributed by atoms with Crippen molar-refractivity contribution in [2.75, 3.05) is 17.5 Å². The van der Waals surface area contributed by atoms with Crippen LogP contribution in [0.4, 0.5) is 29.1 Å². The summed E-state index contributed by atoms with van der Waals surface area (Å²) in [5.41, 5.74) is 1.36. The minimum Gasteiger partial charge on any atom is -0.278 e. The summed E-state index contributed by atoms with van der Waals surface area (Å²) in [4.78, 5) is 30.7. The first-order valence-corrected chi connectivity index (χ1v) is 12.2. The summed E-state index contributed by atoms with van der Waals surface area (Å²) in [7, 11) is 1.35. The molecule has 0 fully saturated rings. The molecule has 0 atom stereocenters. The minimum absolute atomic E-state index is 0.0157. The van der Waals surface area contributed by atoms with Crippen LogP contribution in [-0.4, -0.2) is 27.0 Å². The molecule has 4 aromatic rings. The van der Waals surface area contributed by atoms with Gasteiger partial charge in [0.1, 0.15) is 5.82 Å². The molecule has 4 rings (SSSR count). The predicted molar refractivity (Wildman–Crippen MR) is 146 cm³/mol. The van der Waals surface area contributed by atoms with E-state index >= 15 is 0 Å². The number of halogens is 6. The van der Waals surface area contributed by atoms with Crippen molar-refractivity contribution in [1.82, 2.24) is 14.2 Å². The molecule has 40 heavy (non-hydrogen) atoms. The fourth-order valence-electron chi connectivity index (χ4n) is 3.62. The van der Waals surface area contributed by atoms with Crippen LogP contribution in [0.1, 0.15) is 23.6 Å². The van der Waals surface area contributed by atoms with Crippen LogP contribution in [0.15, 0.2) is 81.7 Å². The highest BCUT2D eigenvalue weighted by molar-refractivity contribution is 6.33. The van der Waals surface area contributed by atoms with Crippen molar-refractivity contribution >= 4 is 40.4 Å². The van der Waals surface area contributed by atoms with Gasteiger partial charge in [-0.1, -0.05) is 35.3 Å². The molecule has 0 bridgehead atoms. The van der Waals surface area contributed by atoms with Crippen molar-refractivity contribution in [3.05, 3.63) is 120 Å². The lowest BCUT2D eigenvalue weighted by molar-refractivity contribution is -0.137. The molecule has 2 heterocycles. The number of alkyl halides is 3. The zero-order chi connectivity index (χ0) is 29.2. The highest BCUT2D eigenvalue weighted by atomic mass is 35.5. The Bertz CT molecular complexity index is 1680. The number of hydrogen-bond donors (Lipinski definition) is 1. The molecule has 14 heteroatoms. The van der Waals surface area contributed by atoms with Gasteiger partial charge < -0.3 is 0 Å². The van der Waals surface area contributed by atoms with E-state index in [2.05, 4.69) is 15.5 Å². The lowest BCUT2D eigenvalue weighted by atomic mass is 10.2. The van der Waals surface area contributed by atoms with E-state index in [0.717, 1.165) is 14.3 Å². The Labute approximate surface area is 234 Å². The average molecular weight is 595 g/mol. The molecule has 2 aromatic heterocycles. The largest absolute Gasteiger partial charge is 0.417 e. The van der Waals surface area contributed by atoms with Gasteiger partial charge in [-0.15, -0.1) is 0 Å². The smallest absolute Gasteiger partial charge is 0.278 e. The molecule has 0 aliphatic heterocycles. The Morgan fingerprint density at radius 1 is 1.07 bits per heavy atom. The molecular formula is C26H20Cl2F4N6O2. The second kappa shape index (κ2) is 11.5. The van der Waals surface area contributed by atoms with E-state index in [9.17, 15) is 27.2 Å². The molecule has 0 aliphatic rings. The van der Waals surface area contributed by atoms with Crippen LogP contribution < -0.4 is 21.7 Å². The van der Waals surface area contributed by atoms with Gasteiger partial charge in [-0.3, -0.25) is 19.8 Å². The summed E-state index contributed by atoms with van der Waals surface area (Å²) in [6, 6.07) is 12.5. The van der Waals surface area contributed by atoms with E-state index in [1.165, 1.54) is 44.4 Å². The van der Waals surface area contributed by atoms with E-state index in [4.69, 9.17) is 23.2 Å². The number of rotatable bonds is 7. The summed E-state index contributed by atoms with van der Waals surface area (Å²) >= 11 is 12.0. The van der Waals surface area contributed by atoms with Crippen LogP contribution in [0, 0.1) is 5.82 Å². The Kier molecular flexibility index (Phi) is 8.31. The molecule has 1 N–H and O–H groups in total. The summed E-state index contributed by atoms with van der Waals surface area (Å²) in [5, 5.41) is 5.48. The molecule has 0 spiro atoms. The molecule has 0 unspecified atom stereocenters.